The molecule has 0 saturated carbocycles. The van der Waals surface area contributed by atoms with Crippen LogP contribution in [-0.4, -0.2) is 11.1 Å². The van der Waals surface area contributed by atoms with Crippen LogP contribution in [0.15, 0.2) is 30.3 Å². The van der Waals surface area contributed by atoms with E-state index in [1.807, 2.05) is 18.2 Å². The van der Waals surface area contributed by atoms with Gasteiger partial charge in [-0.3, -0.25) is 4.79 Å². The van der Waals surface area contributed by atoms with E-state index in [1.165, 1.54) is 102 Å². The van der Waals surface area contributed by atoms with Crippen molar-refractivity contribution < 1.29 is 9.90 Å². The van der Waals surface area contributed by atoms with Gasteiger partial charge in [-0.1, -0.05) is 140 Å². The Bertz CT molecular complexity index is 483. The summed E-state index contributed by atoms with van der Waals surface area (Å²) in [6, 6.07) is 10.2. The van der Waals surface area contributed by atoms with Gasteiger partial charge in [0, 0.05) is 0 Å². The van der Waals surface area contributed by atoms with Crippen molar-refractivity contribution in [1.29, 1.82) is 0 Å². The van der Waals surface area contributed by atoms with E-state index in [1.54, 1.807) is 0 Å². The van der Waals surface area contributed by atoms with Gasteiger partial charge in [-0.2, -0.15) is 0 Å². The van der Waals surface area contributed by atoms with Gasteiger partial charge in [0.15, 0.2) is 0 Å². The minimum atomic E-state index is -0.685. The second kappa shape index (κ2) is 18.7. The third-order valence-corrected chi connectivity index (χ3v) is 6.10. The molecular formula is C27H46O2. The lowest BCUT2D eigenvalue weighted by Crippen LogP contribution is -2.06. The number of unbranched alkanes of at least 4 members (excludes halogenated alkanes) is 15. The number of hydrogen-bond acceptors (Lipinski definition) is 1. The zero-order valence-corrected chi connectivity index (χ0v) is 19.0. The van der Waals surface area contributed by atoms with Crippen LogP contribution in [0.3, 0.4) is 0 Å². The van der Waals surface area contributed by atoms with Crippen molar-refractivity contribution in [2.45, 2.75) is 128 Å². The van der Waals surface area contributed by atoms with E-state index in [-0.39, 0.29) is 12.3 Å². The molecule has 0 aliphatic rings. The van der Waals surface area contributed by atoms with E-state index in [0.29, 0.717) is 0 Å². The summed E-state index contributed by atoms with van der Waals surface area (Å²) in [4.78, 5) is 11.2. The lowest BCUT2D eigenvalue weighted by molar-refractivity contribution is -0.137. The second-order valence-corrected chi connectivity index (χ2v) is 8.80. The lowest BCUT2D eigenvalue weighted by Gasteiger charge is -2.15. The summed E-state index contributed by atoms with van der Waals surface area (Å²) in [5.41, 5.74) is 1.18. The van der Waals surface area contributed by atoms with Crippen LogP contribution in [0, 0.1) is 0 Å². The van der Waals surface area contributed by atoms with Crippen molar-refractivity contribution in [2.24, 2.45) is 0 Å². The second-order valence-electron chi connectivity index (χ2n) is 8.80. The first-order chi connectivity index (χ1) is 14.2. The first kappa shape index (κ1) is 25.7. The van der Waals surface area contributed by atoms with Crippen LogP contribution in [-0.2, 0) is 4.79 Å². The maximum atomic E-state index is 11.2. The summed E-state index contributed by atoms with van der Waals surface area (Å²) in [5, 5.41) is 9.18. The first-order valence-corrected chi connectivity index (χ1v) is 12.5. The number of carboxylic acids is 1. The largest absolute Gasteiger partial charge is 0.481 e. The number of benzene rings is 1. The van der Waals surface area contributed by atoms with E-state index < -0.39 is 5.97 Å². The summed E-state index contributed by atoms with van der Waals surface area (Å²) in [5.74, 6) is -0.518. The third kappa shape index (κ3) is 15.2. The monoisotopic (exact) mass is 402 g/mol. The van der Waals surface area contributed by atoms with Crippen LogP contribution >= 0.6 is 0 Å². The maximum Gasteiger partial charge on any atom is 0.303 e. The van der Waals surface area contributed by atoms with Crippen molar-refractivity contribution in [3.63, 3.8) is 0 Å². The molecule has 0 heterocycles. The van der Waals surface area contributed by atoms with Crippen molar-refractivity contribution in [2.75, 3.05) is 0 Å². The van der Waals surface area contributed by atoms with E-state index in [2.05, 4.69) is 19.1 Å². The summed E-state index contributed by atoms with van der Waals surface area (Å²) < 4.78 is 0. The van der Waals surface area contributed by atoms with E-state index in [0.717, 1.165) is 12.8 Å². The van der Waals surface area contributed by atoms with Crippen LogP contribution in [0.5, 0.6) is 0 Å². The molecule has 0 aliphatic heterocycles. The molecule has 1 atom stereocenters. The van der Waals surface area contributed by atoms with E-state index >= 15 is 0 Å². The van der Waals surface area contributed by atoms with Gasteiger partial charge in [-0.25, -0.2) is 0 Å². The minimum Gasteiger partial charge on any atom is -0.481 e. The van der Waals surface area contributed by atoms with Crippen LogP contribution in [0.4, 0.5) is 0 Å². The van der Waals surface area contributed by atoms with Gasteiger partial charge in [0.1, 0.15) is 0 Å². The third-order valence-electron chi connectivity index (χ3n) is 6.10. The Morgan fingerprint density at radius 1 is 0.690 bits per heavy atom. The predicted octanol–water partition coefficient (Wildman–Crippen LogP) is 8.90. The Morgan fingerprint density at radius 2 is 1.10 bits per heavy atom. The fourth-order valence-corrected chi connectivity index (χ4v) is 4.26. The average molecular weight is 403 g/mol. The van der Waals surface area contributed by atoms with Crippen LogP contribution in [0.1, 0.15) is 134 Å². The quantitative estimate of drug-likeness (QED) is 0.221. The number of carboxylic acid groups (broad SMARTS) is 1. The molecule has 1 N–H and O–H groups in total. The van der Waals surface area contributed by atoms with Gasteiger partial charge in [-0.05, 0) is 17.9 Å². The molecule has 0 amide bonds. The van der Waals surface area contributed by atoms with Gasteiger partial charge < -0.3 is 5.11 Å². The Hall–Kier alpha value is -1.31. The summed E-state index contributed by atoms with van der Waals surface area (Å²) in [7, 11) is 0. The molecule has 0 fully saturated rings. The molecule has 0 saturated heterocycles. The molecule has 1 rings (SSSR count). The maximum absolute atomic E-state index is 11.2. The number of rotatable bonds is 20. The van der Waals surface area contributed by atoms with Gasteiger partial charge in [0.2, 0.25) is 0 Å². The molecule has 1 unspecified atom stereocenters. The molecule has 1 aromatic rings. The highest BCUT2D eigenvalue weighted by atomic mass is 16.4. The summed E-state index contributed by atoms with van der Waals surface area (Å²) in [6.07, 6.45) is 23.2. The zero-order valence-electron chi connectivity index (χ0n) is 19.0. The molecule has 0 aliphatic carbocycles. The Kier molecular flexibility index (Phi) is 16.6. The van der Waals surface area contributed by atoms with E-state index in [9.17, 15) is 9.90 Å². The number of hydrogen-bond donors (Lipinski definition) is 1. The van der Waals surface area contributed by atoms with Crippen molar-refractivity contribution in [1.82, 2.24) is 0 Å². The van der Waals surface area contributed by atoms with Gasteiger partial charge in [0.25, 0.3) is 0 Å². The highest BCUT2D eigenvalue weighted by Gasteiger charge is 2.14. The van der Waals surface area contributed by atoms with Crippen LogP contribution < -0.4 is 0 Å². The molecule has 2 heteroatoms. The molecule has 0 spiro atoms. The summed E-state index contributed by atoms with van der Waals surface area (Å²) in [6.45, 7) is 2.28. The molecule has 0 aromatic heterocycles. The molecular weight excluding hydrogens is 356 g/mol. The Balaban J connectivity index is 1.91. The standard InChI is InChI=1S/C27H46O2/c1-2-3-4-5-6-7-8-9-10-11-12-13-14-15-16-18-23-26(24-27(28)29)25-21-19-17-20-22-25/h17,19-22,26H,2-16,18,23-24H2,1H3,(H,28,29). The van der Waals surface area contributed by atoms with Gasteiger partial charge >= 0.3 is 5.97 Å². The van der Waals surface area contributed by atoms with Crippen LogP contribution in [0.25, 0.3) is 0 Å². The Morgan fingerprint density at radius 3 is 1.52 bits per heavy atom. The zero-order chi connectivity index (χ0) is 21.0. The van der Waals surface area contributed by atoms with Gasteiger partial charge in [0.05, 0.1) is 6.42 Å². The molecule has 0 bridgehead atoms. The highest BCUT2D eigenvalue weighted by molar-refractivity contribution is 5.68. The highest BCUT2D eigenvalue weighted by Crippen LogP contribution is 2.26. The van der Waals surface area contributed by atoms with Crippen molar-refractivity contribution in [3.05, 3.63) is 35.9 Å². The van der Waals surface area contributed by atoms with Crippen LogP contribution in [0.2, 0.25) is 0 Å². The fraction of sp³-hybridized carbons (Fsp3) is 0.741. The molecule has 166 valence electrons. The predicted molar refractivity (Wildman–Crippen MR) is 126 cm³/mol. The molecule has 2 nitrogen and oxygen atoms in total. The average Bonchev–Trinajstić information content (AvgIpc) is 2.73. The normalized spacial score (nSPS) is 12.2. The Labute approximate surface area is 180 Å². The summed E-state index contributed by atoms with van der Waals surface area (Å²) >= 11 is 0. The fourth-order valence-electron chi connectivity index (χ4n) is 4.26. The molecule has 0 radical (unpaired) electrons. The van der Waals surface area contributed by atoms with E-state index in [4.69, 9.17) is 0 Å². The topological polar surface area (TPSA) is 37.3 Å². The SMILES string of the molecule is CCCCCCCCCCCCCCCCCCC(CC(=O)O)c1ccccc1. The van der Waals surface area contributed by atoms with Crippen molar-refractivity contribution >= 4 is 5.97 Å². The number of aliphatic carboxylic acids is 1. The first-order valence-electron chi connectivity index (χ1n) is 12.5. The molecule has 29 heavy (non-hydrogen) atoms. The smallest absolute Gasteiger partial charge is 0.303 e. The minimum absolute atomic E-state index is 0.167. The number of carbonyl (C=O) groups is 1. The molecule has 1 aromatic carbocycles. The lowest BCUT2D eigenvalue weighted by atomic mass is 9.90. The van der Waals surface area contributed by atoms with Crippen molar-refractivity contribution in [3.8, 4) is 0 Å². The van der Waals surface area contributed by atoms with Gasteiger partial charge in [-0.15, -0.1) is 0 Å².